The lowest BCUT2D eigenvalue weighted by molar-refractivity contribution is 0.327. The van der Waals surface area contributed by atoms with Crippen molar-refractivity contribution in [3.05, 3.63) is 64.6 Å². The third-order valence-corrected chi connectivity index (χ3v) is 6.55. The lowest BCUT2D eigenvalue weighted by Crippen LogP contribution is -2.32. The largest absolute Gasteiger partial charge is 0.362 e. The van der Waals surface area contributed by atoms with E-state index in [1.165, 1.54) is 22.9 Å². The Morgan fingerprint density at radius 2 is 1.72 bits per heavy atom. The summed E-state index contributed by atoms with van der Waals surface area (Å²) in [6.07, 6.45) is 6.93. The molecule has 0 amide bonds. The number of anilines is 2. The van der Waals surface area contributed by atoms with Gasteiger partial charge in [-0.15, -0.1) is 0 Å². The number of nitrogens with one attached hydrogen (secondary N) is 2. The minimum atomic E-state index is 0.437. The molecule has 2 N–H and O–H groups in total. The van der Waals surface area contributed by atoms with Crippen LogP contribution in [0.1, 0.15) is 31.2 Å². The molecule has 0 bridgehead atoms. The van der Waals surface area contributed by atoms with Gasteiger partial charge in [-0.3, -0.25) is 0 Å². The topological polar surface area (TPSA) is 53.1 Å². The molecule has 1 saturated carbocycles. The number of aromatic nitrogens is 2. The quantitative estimate of drug-likeness (QED) is 0.421. The van der Waals surface area contributed by atoms with E-state index in [2.05, 4.69) is 73.9 Å². The Labute approximate surface area is 199 Å². The third kappa shape index (κ3) is 6.08. The van der Waals surface area contributed by atoms with Crippen LogP contribution in [0.5, 0.6) is 0 Å². The first-order valence-electron chi connectivity index (χ1n) is 11.4. The summed E-state index contributed by atoms with van der Waals surface area (Å²) in [6, 6.07) is 19.1. The lowest BCUT2D eigenvalue weighted by atomic mass is 9.86. The summed E-state index contributed by atoms with van der Waals surface area (Å²) >= 11 is 3.69. The normalized spacial score (nSPS) is 19.2. The van der Waals surface area contributed by atoms with Crippen LogP contribution < -0.4 is 15.5 Å². The predicted octanol–water partition coefficient (Wildman–Crippen LogP) is 5.69. The van der Waals surface area contributed by atoms with Gasteiger partial charge >= 0.3 is 0 Å². The molecule has 32 heavy (non-hydrogen) atoms. The number of para-hydroxylation sites is 1. The summed E-state index contributed by atoms with van der Waals surface area (Å²) in [5, 5.41) is 8.31. The molecule has 0 aliphatic heterocycles. The van der Waals surface area contributed by atoms with Gasteiger partial charge in [-0.05, 0) is 61.9 Å². The van der Waals surface area contributed by atoms with Crippen LogP contribution in [0, 0.1) is 5.92 Å². The van der Waals surface area contributed by atoms with Crippen LogP contribution in [0.3, 0.4) is 0 Å². The zero-order chi connectivity index (χ0) is 22.3. The highest BCUT2D eigenvalue weighted by atomic mass is 79.9. The molecule has 1 fully saturated rings. The van der Waals surface area contributed by atoms with Gasteiger partial charge in [-0.2, -0.15) is 4.98 Å². The highest BCUT2D eigenvalue weighted by Gasteiger charge is 2.22. The smallest absolute Gasteiger partial charge is 0.225 e. The summed E-state index contributed by atoms with van der Waals surface area (Å²) < 4.78 is 1.18. The van der Waals surface area contributed by atoms with Crippen molar-refractivity contribution >= 4 is 44.7 Å². The van der Waals surface area contributed by atoms with Crippen LogP contribution in [0.25, 0.3) is 17.0 Å². The SMILES string of the molecule is CN(C)c1nc(NC2CCC(CNC/C(Br)=C/c3ccccc3)CC2)nc2ccccc12. The van der Waals surface area contributed by atoms with Crippen LogP contribution in [-0.2, 0) is 0 Å². The second-order valence-corrected chi connectivity index (χ2v) is 9.80. The minimum absolute atomic E-state index is 0.437. The third-order valence-electron chi connectivity index (χ3n) is 6.04. The molecule has 168 valence electrons. The van der Waals surface area contributed by atoms with Crippen molar-refractivity contribution in [2.75, 3.05) is 37.4 Å². The Morgan fingerprint density at radius 1 is 1.00 bits per heavy atom. The van der Waals surface area contributed by atoms with Crippen LogP contribution in [0.15, 0.2) is 59.1 Å². The number of hydrogen-bond donors (Lipinski definition) is 2. The Balaban J connectivity index is 1.26. The maximum absolute atomic E-state index is 4.80. The number of hydrogen-bond acceptors (Lipinski definition) is 5. The molecular weight excluding hydrogens is 462 g/mol. The van der Waals surface area contributed by atoms with E-state index < -0.39 is 0 Å². The van der Waals surface area contributed by atoms with Crippen molar-refractivity contribution in [1.82, 2.24) is 15.3 Å². The Morgan fingerprint density at radius 3 is 2.47 bits per heavy atom. The van der Waals surface area contributed by atoms with Crippen molar-refractivity contribution < 1.29 is 0 Å². The zero-order valence-corrected chi connectivity index (χ0v) is 20.5. The molecular formula is C26H32BrN5. The molecule has 1 heterocycles. The van der Waals surface area contributed by atoms with E-state index in [1.807, 2.05) is 32.3 Å². The first kappa shape index (κ1) is 22.7. The van der Waals surface area contributed by atoms with E-state index in [9.17, 15) is 0 Å². The van der Waals surface area contributed by atoms with E-state index in [0.717, 1.165) is 54.5 Å². The Bertz CT molecular complexity index is 1040. The molecule has 0 atom stereocenters. The molecule has 0 unspecified atom stereocenters. The zero-order valence-electron chi connectivity index (χ0n) is 18.9. The summed E-state index contributed by atoms with van der Waals surface area (Å²) in [5.74, 6) is 2.43. The van der Waals surface area contributed by atoms with Crippen LogP contribution in [-0.4, -0.2) is 43.2 Å². The summed E-state index contributed by atoms with van der Waals surface area (Å²) in [6.45, 7) is 1.92. The van der Waals surface area contributed by atoms with Crippen molar-refractivity contribution in [3.63, 3.8) is 0 Å². The number of benzene rings is 2. The van der Waals surface area contributed by atoms with Crippen molar-refractivity contribution in [2.24, 2.45) is 5.92 Å². The molecule has 0 saturated heterocycles. The highest BCUT2D eigenvalue weighted by Crippen LogP contribution is 2.28. The maximum atomic E-state index is 4.80. The van der Waals surface area contributed by atoms with Crippen LogP contribution in [0.2, 0.25) is 0 Å². The molecule has 1 aliphatic rings. The second-order valence-electron chi connectivity index (χ2n) is 8.78. The number of fused-ring (bicyclic) bond motifs is 1. The maximum Gasteiger partial charge on any atom is 0.225 e. The number of nitrogens with zero attached hydrogens (tertiary/aromatic N) is 3. The Kier molecular flexibility index (Phi) is 7.76. The van der Waals surface area contributed by atoms with E-state index in [1.54, 1.807) is 0 Å². The molecule has 2 aromatic carbocycles. The number of halogens is 1. The first-order valence-corrected chi connectivity index (χ1v) is 12.2. The van der Waals surface area contributed by atoms with Gasteiger partial charge in [0.15, 0.2) is 0 Å². The van der Waals surface area contributed by atoms with Gasteiger partial charge in [-0.1, -0.05) is 58.4 Å². The monoisotopic (exact) mass is 493 g/mol. The van der Waals surface area contributed by atoms with Gasteiger partial charge in [0.05, 0.1) is 5.52 Å². The van der Waals surface area contributed by atoms with Crippen molar-refractivity contribution in [3.8, 4) is 0 Å². The van der Waals surface area contributed by atoms with E-state index in [4.69, 9.17) is 9.97 Å². The second kappa shape index (κ2) is 10.9. The van der Waals surface area contributed by atoms with Gasteiger partial charge in [-0.25, -0.2) is 4.98 Å². The van der Waals surface area contributed by atoms with Crippen LogP contribution >= 0.6 is 15.9 Å². The summed E-state index contributed by atoms with van der Waals surface area (Å²) in [7, 11) is 4.06. The van der Waals surface area contributed by atoms with Crippen molar-refractivity contribution in [2.45, 2.75) is 31.7 Å². The Hall–Kier alpha value is -2.44. The first-order chi connectivity index (χ1) is 15.6. The van der Waals surface area contributed by atoms with E-state index >= 15 is 0 Å². The average molecular weight is 494 g/mol. The molecule has 0 spiro atoms. The molecule has 4 rings (SSSR count). The predicted molar refractivity (Wildman–Crippen MR) is 139 cm³/mol. The van der Waals surface area contributed by atoms with Gasteiger partial charge in [0.2, 0.25) is 5.95 Å². The molecule has 1 aliphatic carbocycles. The fourth-order valence-corrected chi connectivity index (χ4v) is 4.80. The average Bonchev–Trinajstić information content (AvgIpc) is 2.80. The van der Waals surface area contributed by atoms with Gasteiger partial charge in [0.25, 0.3) is 0 Å². The standard InChI is InChI=1S/C26H32BrN5/c1-32(2)25-23-10-6-7-11-24(23)30-26(31-25)29-22-14-12-20(13-15-22)17-28-18-21(27)16-19-8-4-3-5-9-19/h3-11,16,20,22,28H,12-15,17-18H2,1-2H3,(H,29,30,31)/b21-16-. The molecule has 6 heteroatoms. The molecule has 3 aromatic rings. The fourth-order valence-electron chi connectivity index (χ4n) is 4.34. The van der Waals surface area contributed by atoms with Crippen LogP contribution in [0.4, 0.5) is 11.8 Å². The summed E-state index contributed by atoms with van der Waals surface area (Å²) in [4.78, 5) is 11.6. The highest BCUT2D eigenvalue weighted by molar-refractivity contribution is 9.11. The van der Waals surface area contributed by atoms with Crippen molar-refractivity contribution in [1.29, 1.82) is 0 Å². The number of rotatable bonds is 8. The summed E-state index contributed by atoms with van der Waals surface area (Å²) in [5.41, 5.74) is 2.21. The molecule has 5 nitrogen and oxygen atoms in total. The fraction of sp³-hybridized carbons (Fsp3) is 0.385. The van der Waals surface area contributed by atoms with E-state index in [-0.39, 0.29) is 0 Å². The van der Waals surface area contributed by atoms with Gasteiger partial charge in [0.1, 0.15) is 5.82 Å². The molecule has 1 aromatic heterocycles. The lowest BCUT2D eigenvalue weighted by Gasteiger charge is -2.29. The van der Waals surface area contributed by atoms with Gasteiger partial charge < -0.3 is 15.5 Å². The molecule has 0 radical (unpaired) electrons. The van der Waals surface area contributed by atoms with Gasteiger partial charge in [0, 0.05) is 36.6 Å². The van der Waals surface area contributed by atoms with E-state index in [0.29, 0.717) is 6.04 Å². The minimum Gasteiger partial charge on any atom is -0.362 e.